The third-order valence-electron chi connectivity index (χ3n) is 5.21. The summed E-state index contributed by atoms with van der Waals surface area (Å²) in [5.74, 6) is 0.0281. The van der Waals surface area contributed by atoms with Gasteiger partial charge in [0.1, 0.15) is 0 Å². The molecule has 2 N–H and O–H groups in total. The highest BCUT2D eigenvalue weighted by Gasteiger charge is 2.27. The van der Waals surface area contributed by atoms with Gasteiger partial charge in [-0.1, -0.05) is 12.1 Å². The van der Waals surface area contributed by atoms with Gasteiger partial charge in [-0.3, -0.25) is 9.78 Å². The summed E-state index contributed by atoms with van der Waals surface area (Å²) >= 11 is 3.27. The summed E-state index contributed by atoms with van der Waals surface area (Å²) in [5, 5.41) is 6.35. The molecule has 1 amide bonds. The van der Waals surface area contributed by atoms with Gasteiger partial charge in [0.05, 0.1) is 38.5 Å². The average Bonchev–Trinajstić information content (AvgIpc) is 3.44. The van der Waals surface area contributed by atoms with Gasteiger partial charge in [0.25, 0.3) is 0 Å². The number of anilines is 2. The number of nitrogens with zero attached hydrogens (tertiary/aromatic N) is 3. The number of nitrogens with one attached hydrogen (secondary N) is 2. The highest BCUT2D eigenvalue weighted by molar-refractivity contribution is 8.09. The monoisotopic (exact) mass is 423 g/mol. The number of allylic oxidation sites excluding steroid dienone is 1. The molecular weight excluding hydrogens is 402 g/mol. The SMILES string of the molecule is O=C(Nc1cnccc1N1CCNCC1)C1CC=C(c2ccc3scnc3c2)S1. The first-order chi connectivity index (χ1) is 14.3. The lowest BCUT2D eigenvalue weighted by molar-refractivity contribution is -0.115. The van der Waals surface area contributed by atoms with Gasteiger partial charge in [-0.15, -0.1) is 23.1 Å². The summed E-state index contributed by atoms with van der Waals surface area (Å²) < 4.78 is 1.18. The molecule has 0 aliphatic carbocycles. The molecule has 0 spiro atoms. The van der Waals surface area contributed by atoms with Crippen LogP contribution in [0.3, 0.4) is 0 Å². The van der Waals surface area contributed by atoms with Gasteiger partial charge in [-0.25, -0.2) is 4.98 Å². The van der Waals surface area contributed by atoms with E-state index in [0.29, 0.717) is 0 Å². The molecule has 8 heteroatoms. The van der Waals surface area contributed by atoms with Crippen LogP contribution in [0.1, 0.15) is 12.0 Å². The number of carbonyl (C=O) groups excluding carboxylic acids is 1. The molecule has 2 aliphatic rings. The van der Waals surface area contributed by atoms with Gasteiger partial charge in [-0.2, -0.15) is 0 Å². The van der Waals surface area contributed by atoms with E-state index in [1.807, 2.05) is 11.6 Å². The predicted octanol–water partition coefficient (Wildman–Crippen LogP) is 3.59. The first-order valence-electron chi connectivity index (χ1n) is 9.69. The molecule has 1 unspecified atom stereocenters. The Hall–Kier alpha value is -2.42. The van der Waals surface area contributed by atoms with Crippen LogP contribution in [0.4, 0.5) is 11.4 Å². The number of carbonyl (C=O) groups is 1. The van der Waals surface area contributed by atoms with Crippen LogP contribution in [0.2, 0.25) is 0 Å². The molecule has 0 radical (unpaired) electrons. The molecule has 3 aromatic rings. The van der Waals surface area contributed by atoms with E-state index in [2.05, 4.69) is 49.8 Å². The highest BCUT2D eigenvalue weighted by Crippen LogP contribution is 2.41. The first kappa shape index (κ1) is 18.6. The molecule has 29 heavy (non-hydrogen) atoms. The van der Waals surface area contributed by atoms with Crippen molar-refractivity contribution in [1.29, 1.82) is 0 Å². The fourth-order valence-electron chi connectivity index (χ4n) is 3.70. The van der Waals surface area contributed by atoms with Gasteiger partial charge in [0.2, 0.25) is 5.91 Å². The zero-order chi connectivity index (χ0) is 19.6. The minimum atomic E-state index is -0.132. The van der Waals surface area contributed by atoms with Crippen molar-refractivity contribution in [1.82, 2.24) is 15.3 Å². The van der Waals surface area contributed by atoms with E-state index in [0.717, 1.165) is 60.0 Å². The molecule has 0 saturated carbocycles. The molecule has 1 aromatic carbocycles. The maximum Gasteiger partial charge on any atom is 0.238 e. The normalized spacial score (nSPS) is 19.4. The van der Waals surface area contributed by atoms with Gasteiger partial charge >= 0.3 is 0 Å². The third-order valence-corrected chi connectivity index (χ3v) is 7.36. The summed E-state index contributed by atoms with van der Waals surface area (Å²) in [7, 11) is 0. The highest BCUT2D eigenvalue weighted by atomic mass is 32.2. The van der Waals surface area contributed by atoms with E-state index in [9.17, 15) is 4.79 Å². The molecule has 2 aromatic heterocycles. The Morgan fingerprint density at radius 3 is 3.03 bits per heavy atom. The van der Waals surface area contributed by atoms with E-state index < -0.39 is 0 Å². The molecule has 6 nitrogen and oxygen atoms in total. The smallest absolute Gasteiger partial charge is 0.238 e. The first-order valence-corrected chi connectivity index (χ1v) is 11.4. The number of rotatable bonds is 4. The maximum atomic E-state index is 13.0. The lowest BCUT2D eigenvalue weighted by atomic mass is 10.1. The molecule has 5 rings (SSSR count). The Labute approximate surface area is 177 Å². The molecule has 1 atom stereocenters. The number of fused-ring (bicyclic) bond motifs is 1. The Bertz CT molecular complexity index is 1070. The largest absolute Gasteiger partial charge is 0.367 e. The van der Waals surface area contributed by atoms with Gasteiger partial charge in [0.15, 0.2) is 0 Å². The summed E-state index contributed by atoms with van der Waals surface area (Å²) in [6.07, 6.45) is 6.41. The van der Waals surface area contributed by atoms with Crippen LogP contribution in [0.25, 0.3) is 15.1 Å². The molecule has 1 saturated heterocycles. The number of thiazole rings is 1. The van der Waals surface area contributed by atoms with Crippen molar-refractivity contribution in [3.8, 4) is 0 Å². The fraction of sp³-hybridized carbons (Fsp3) is 0.286. The van der Waals surface area contributed by atoms with Crippen molar-refractivity contribution in [2.24, 2.45) is 0 Å². The lowest BCUT2D eigenvalue weighted by Crippen LogP contribution is -2.44. The maximum absolute atomic E-state index is 13.0. The topological polar surface area (TPSA) is 70.2 Å². The van der Waals surface area contributed by atoms with Crippen molar-refractivity contribution in [3.63, 3.8) is 0 Å². The zero-order valence-electron chi connectivity index (χ0n) is 15.8. The molecule has 1 fully saturated rings. The number of pyridine rings is 1. The Morgan fingerprint density at radius 2 is 2.14 bits per heavy atom. The van der Waals surface area contributed by atoms with Crippen molar-refractivity contribution in [2.45, 2.75) is 11.7 Å². The number of hydrogen-bond acceptors (Lipinski definition) is 7. The molecule has 2 aliphatic heterocycles. The second-order valence-corrected chi connectivity index (χ2v) is 9.20. The number of amides is 1. The Balaban J connectivity index is 1.28. The van der Waals surface area contributed by atoms with Crippen LogP contribution in [0.5, 0.6) is 0 Å². The Kier molecular flexibility index (Phi) is 5.22. The lowest BCUT2D eigenvalue weighted by Gasteiger charge is -2.31. The number of thioether (sulfide) groups is 1. The van der Waals surface area contributed by atoms with Gasteiger partial charge in [-0.05, 0) is 30.2 Å². The van der Waals surface area contributed by atoms with E-state index in [-0.39, 0.29) is 11.2 Å². The quantitative estimate of drug-likeness (QED) is 0.668. The number of benzene rings is 1. The van der Waals surface area contributed by atoms with Crippen LogP contribution in [0, 0.1) is 0 Å². The second-order valence-electron chi connectivity index (χ2n) is 7.06. The van der Waals surface area contributed by atoms with Crippen LogP contribution in [-0.4, -0.2) is 47.3 Å². The van der Waals surface area contributed by atoms with Crippen molar-refractivity contribution < 1.29 is 4.79 Å². The molecule has 0 bridgehead atoms. The van der Waals surface area contributed by atoms with E-state index in [4.69, 9.17) is 0 Å². The number of hydrogen-bond donors (Lipinski definition) is 2. The minimum absolute atomic E-state index is 0.0281. The zero-order valence-corrected chi connectivity index (χ0v) is 17.4. The molecule has 4 heterocycles. The van der Waals surface area contributed by atoms with Crippen LogP contribution >= 0.6 is 23.1 Å². The summed E-state index contributed by atoms with van der Waals surface area (Å²) in [6, 6.07) is 8.31. The van der Waals surface area contributed by atoms with Crippen molar-refractivity contribution in [3.05, 3.63) is 53.8 Å². The van der Waals surface area contributed by atoms with Gasteiger partial charge in [0, 0.05) is 37.3 Å². The van der Waals surface area contributed by atoms with E-state index >= 15 is 0 Å². The van der Waals surface area contributed by atoms with E-state index in [1.165, 1.54) is 4.70 Å². The molecule has 148 valence electrons. The van der Waals surface area contributed by atoms with Crippen LogP contribution < -0.4 is 15.5 Å². The average molecular weight is 424 g/mol. The third kappa shape index (κ3) is 3.88. The summed E-state index contributed by atoms with van der Waals surface area (Å²) in [4.78, 5) is 25.0. The second kappa shape index (κ2) is 8.14. The number of aromatic nitrogens is 2. The standard InChI is InChI=1S/C21H21N5OS2/c27-21(25-16-12-23-6-5-17(16)26-9-7-22-8-10-26)20-4-3-18(29-20)14-1-2-19-15(11-14)24-13-28-19/h1-3,5-6,11-13,20,22H,4,7-10H2,(H,25,27). The van der Waals surface area contributed by atoms with E-state index in [1.54, 1.807) is 35.5 Å². The predicted molar refractivity (Wildman–Crippen MR) is 122 cm³/mol. The number of piperazine rings is 1. The summed E-state index contributed by atoms with van der Waals surface area (Å²) in [6.45, 7) is 3.75. The fourth-order valence-corrected chi connectivity index (χ4v) is 5.48. The molecular formula is C21H21N5OS2. The van der Waals surface area contributed by atoms with Crippen molar-refractivity contribution in [2.75, 3.05) is 36.4 Å². The summed E-state index contributed by atoms with van der Waals surface area (Å²) in [5.41, 5.74) is 5.84. The van der Waals surface area contributed by atoms with Crippen LogP contribution in [0.15, 0.2) is 48.2 Å². The van der Waals surface area contributed by atoms with Gasteiger partial charge < -0.3 is 15.5 Å². The van der Waals surface area contributed by atoms with Crippen LogP contribution in [-0.2, 0) is 4.79 Å². The Morgan fingerprint density at radius 1 is 1.24 bits per heavy atom. The van der Waals surface area contributed by atoms with Crippen molar-refractivity contribution >= 4 is 55.5 Å². The minimum Gasteiger partial charge on any atom is -0.367 e.